The van der Waals surface area contributed by atoms with Gasteiger partial charge in [-0.3, -0.25) is 20.2 Å². The van der Waals surface area contributed by atoms with E-state index in [-0.39, 0.29) is 16.9 Å². The molecule has 0 bridgehead atoms. The molecule has 0 atom stereocenters. The summed E-state index contributed by atoms with van der Waals surface area (Å²) in [6.07, 6.45) is 1.56. The summed E-state index contributed by atoms with van der Waals surface area (Å²) in [7, 11) is 1.53. The molecule has 0 saturated heterocycles. The van der Waals surface area contributed by atoms with Gasteiger partial charge >= 0.3 is 0 Å². The zero-order valence-electron chi connectivity index (χ0n) is 10.2. The third-order valence-corrected chi connectivity index (χ3v) is 3.82. The van der Waals surface area contributed by atoms with E-state index in [1.54, 1.807) is 6.20 Å². The Morgan fingerprint density at radius 2 is 2.25 bits per heavy atom. The van der Waals surface area contributed by atoms with Crippen LogP contribution in [0.25, 0.3) is 0 Å². The third-order valence-electron chi connectivity index (χ3n) is 2.43. The second kappa shape index (κ2) is 5.97. The molecule has 9 heteroatoms. The van der Waals surface area contributed by atoms with Crippen molar-refractivity contribution in [1.29, 1.82) is 0 Å². The lowest BCUT2D eigenvalue weighted by atomic mass is 10.1. The van der Waals surface area contributed by atoms with Gasteiger partial charge < -0.3 is 5.32 Å². The number of rotatable bonds is 4. The molecule has 7 nitrogen and oxygen atoms in total. The average Bonchev–Trinajstić information content (AvgIpc) is 2.82. The molecule has 20 heavy (non-hydrogen) atoms. The fourth-order valence-electron chi connectivity index (χ4n) is 1.62. The van der Waals surface area contributed by atoms with Gasteiger partial charge in [-0.25, -0.2) is 4.98 Å². The van der Waals surface area contributed by atoms with E-state index in [9.17, 15) is 14.9 Å². The van der Waals surface area contributed by atoms with Gasteiger partial charge in [0.1, 0.15) is 5.69 Å². The number of aromatic nitrogens is 1. The van der Waals surface area contributed by atoms with E-state index in [1.807, 2.05) is 0 Å². The summed E-state index contributed by atoms with van der Waals surface area (Å²) in [5, 5.41) is 16.6. The lowest BCUT2D eigenvalue weighted by Crippen LogP contribution is -2.14. The van der Waals surface area contributed by atoms with Crippen LogP contribution in [0.1, 0.15) is 10.4 Å². The molecule has 1 heterocycles. The van der Waals surface area contributed by atoms with Gasteiger partial charge in [0.15, 0.2) is 5.13 Å². The van der Waals surface area contributed by atoms with Crippen LogP contribution in [0.4, 0.5) is 16.5 Å². The average molecular weight is 357 g/mol. The number of hydrogen-bond acceptors (Lipinski definition) is 6. The molecule has 0 aliphatic carbocycles. The maximum absolute atomic E-state index is 12.2. The minimum Gasteiger partial charge on any atom is -0.382 e. The van der Waals surface area contributed by atoms with Crippen LogP contribution >= 0.6 is 27.3 Å². The van der Waals surface area contributed by atoms with Crippen LogP contribution in [-0.4, -0.2) is 22.9 Å². The van der Waals surface area contributed by atoms with Crippen molar-refractivity contribution < 1.29 is 9.72 Å². The fraction of sp³-hybridized carbons (Fsp3) is 0.0909. The van der Waals surface area contributed by atoms with Crippen LogP contribution in [0.15, 0.2) is 28.2 Å². The molecule has 1 aromatic heterocycles. The predicted molar refractivity (Wildman–Crippen MR) is 80.4 cm³/mol. The number of anilines is 2. The minimum absolute atomic E-state index is 0.152. The number of nitro groups is 1. The quantitative estimate of drug-likeness (QED) is 0.647. The highest BCUT2D eigenvalue weighted by atomic mass is 79.9. The van der Waals surface area contributed by atoms with E-state index in [1.165, 1.54) is 36.6 Å². The van der Waals surface area contributed by atoms with Gasteiger partial charge in [0.25, 0.3) is 11.6 Å². The van der Waals surface area contributed by atoms with Gasteiger partial charge in [-0.05, 0) is 22.0 Å². The highest BCUT2D eigenvalue weighted by Crippen LogP contribution is 2.29. The number of amides is 1. The molecule has 0 radical (unpaired) electrons. The van der Waals surface area contributed by atoms with Crippen LogP contribution in [0, 0.1) is 10.1 Å². The van der Waals surface area contributed by atoms with Gasteiger partial charge in [0, 0.05) is 13.1 Å². The van der Waals surface area contributed by atoms with Crippen molar-refractivity contribution in [3.63, 3.8) is 0 Å². The molecule has 0 aliphatic heterocycles. The number of hydrogen-bond donors (Lipinski definition) is 2. The first-order chi connectivity index (χ1) is 9.52. The van der Waals surface area contributed by atoms with Crippen molar-refractivity contribution in [3.05, 3.63) is 43.9 Å². The maximum Gasteiger partial charge on any atom is 0.293 e. The molecule has 0 aliphatic rings. The molecule has 0 saturated carbocycles. The first-order valence-corrected chi connectivity index (χ1v) is 7.01. The summed E-state index contributed by atoms with van der Waals surface area (Å²) >= 11 is 4.49. The molecule has 1 aromatic carbocycles. The second-order valence-electron chi connectivity index (χ2n) is 3.63. The van der Waals surface area contributed by atoms with E-state index >= 15 is 0 Å². The Hall–Kier alpha value is -2.00. The number of halogens is 1. The number of nitrogens with zero attached hydrogens (tertiary/aromatic N) is 2. The number of carbonyl (C=O) groups excluding carboxylic acids is 1. The highest BCUT2D eigenvalue weighted by Gasteiger charge is 2.21. The van der Waals surface area contributed by atoms with Crippen molar-refractivity contribution in [2.45, 2.75) is 0 Å². The van der Waals surface area contributed by atoms with E-state index in [4.69, 9.17) is 0 Å². The van der Waals surface area contributed by atoms with Gasteiger partial charge in [0.05, 0.1) is 20.5 Å². The van der Waals surface area contributed by atoms with E-state index in [0.717, 1.165) is 3.79 Å². The zero-order chi connectivity index (χ0) is 14.7. The Bertz CT molecular complexity index is 673. The smallest absolute Gasteiger partial charge is 0.293 e. The van der Waals surface area contributed by atoms with Crippen LogP contribution < -0.4 is 10.6 Å². The summed E-state index contributed by atoms with van der Waals surface area (Å²) in [6.45, 7) is 0. The number of para-hydroxylation sites is 1. The molecular formula is C11H9BrN4O3S. The number of benzene rings is 1. The fourth-order valence-corrected chi connectivity index (χ4v) is 2.72. The second-order valence-corrected chi connectivity index (χ2v) is 6.04. The van der Waals surface area contributed by atoms with Crippen LogP contribution in [0.5, 0.6) is 0 Å². The molecule has 0 unspecified atom stereocenters. The Kier molecular flexibility index (Phi) is 4.30. The Morgan fingerprint density at radius 3 is 2.80 bits per heavy atom. The number of nitrogens with one attached hydrogen (secondary N) is 2. The van der Waals surface area contributed by atoms with E-state index in [2.05, 4.69) is 31.5 Å². The maximum atomic E-state index is 12.2. The minimum atomic E-state index is -0.539. The van der Waals surface area contributed by atoms with Crippen LogP contribution in [-0.2, 0) is 0 Å². The molecule has 0 spiro atoms. The lowest BCUT2D eigenvalue weighted by molar-refractivity contribution is -0.384. The van der Waals surface area contributed by atoms with Gasteiger partial charge in [0.2, 0.25) is 0 Å². The Balaban J connectivity index is 2.34. The first-order valence-electron chi connectivity index (χ1n) is 5.40. The van der Waals surface area contributed by atoms with Crippen molar-refractivity contribution >= 4 is 49.7 Å². The van der Waals surface area contributed by atoms with Gasteiger partial charge in [-0.1, -0.05) is 17.4 Å². The highest BCUT2D eigenvalue weighted by molar-refractivity contribution is 9.11. The lowest BCUT2D eigenvalue weighted by Gasteiger charge is -2.08. The molecular weight excluding hydrogens is 348 g/mol. The van der Waals surface area contributed by atoms with Crippen molar-refractivity contribution in [3.8, 4) is 0 Å². The summed E-state index contributed by atoms with van der Waals surface area (Å²) in [4.78, 5) is 26.5. The normalized spacial score (nSPS) is 10.1. The van der Waals surface area contributed by atoms with E-state index in [0.29, 0.717) is 5.13 Å². The van der Waals surface area contributed by atoms with Gasteiger partial charge in [-0.2, -0.15) is 0 Å². The number of nitro benzene ring substituents is 1. The number of carbonyl (C=O) groups is 1. The SMILES string of the molecule is CNc1c(C(=O)Nc2ncc(Br)s2)cccc1[N+](=O)[O-]. The molecule has 2 rings (SSSR count). The molecule has 104 valence electrons. The summed E-state index contributed by atoms with van der Waals surface area (Å²) in [5.41, 5.74) is 0.208. The summed E-state index contributed by atoms with van der Waals surface area (Å²) in [6, 6.07) is 4.31. The van der Waals surface area contributed by atoms with Gasteiger partial charge in [-0.15, -0.1) is 0 Å². The Labute approximate surface area is 126 Å². The topological polar surface area (TPSA) is 97.2 Å². The molecule has 2 aromatic rings. The summed E-state index contributed by atoms with van der Waals surface area (Å²) in [5.74, 6) is -0.458. The van der Waals surface area contributed by atoms with Crippen molar-refractivity contribution in [2.75, 3.05) is 17.7 Å². The monoisotopic (exact) mass is 356 g/mol. The largest absolute Gasteiger partial charge is 0.382 e. The molecule has 0 fully saturated rings. The first kappa shape index (κ1) is 14.4. The molecule has 2 N–H and O–H groups in total. The third kappa shape index (κ3) is 2.94. The predicted octanol–water partition coefficient (Wildman–Crippen LogP) is 3.11. The Morgan fingerprint density at radius 1 is 1.50 bits per heavy atom. The summed E-state index contributed by atoms with van der Waals surface area (Å²) < 4.78 is 0.778. The number of thiazole rings is 1. The van der Waals surface area contributed by atoms with Crippen molar-refractivity contribution in [2.24, 2.45) is 0 Å². The standard InChI is InChI=1S/C11H9BrN4O3S/c1-13-9-6(3-2-4-7(9)16(18)19)10(17)15-11-14-5-8(12)20-11/h2-5,13H,1H3,(H,14,15,17). The van der Waals surface area contributed by atoms with Crippen molar-refractivity contribution in [1.82, 2.24) is 4.98 Å². The van der Waals surface area contributed by atoms with E-state index < -0.39 is 10.8 Å². The van der Waals surface area contributed by atoms with Crippen LogP contribution in [0.3, 0.4) is 0 Å². The zero-order valence-corrected chi connectivity index (χ0v) is 12.6. The molecule has 1 amide bonds. The van der Waals surface area contributed by atoms with Crippen LogP contribution in [0.2, 0.25) is 0 Å².